The third-order valence-electron chi connectivity index (χ3n) is 5.62. The molecule has 2 aromatic heterocycles. The van der Waals surface area contributed by atoms with E-state index in [1.165, 1.54) is 12.1 Å². The van der Waals surface area contributed by atoms with Gasteiger partial charge in [0.15, 0.2) is 0 Å². The van der Waals surface area contributed by atoms with Crippen molar-refractivity contribution in [3.8, 4) is 5.88 Å². The number of carbonyl (C=O) groups excluding carboxylic acids is 1. The summed E-state index contributed by atoms with van der Waals surface area (Å²) >= 11 is 0. The van der Waals surface area contributed by atoms with E-state index in [2.05, 4.69) is 20.2 Å². The molecule has 1 saturated heterocycles. The van der Waals surface area contributed by atoms with Crippen molar-refractivity contribution in [1.82, 2.24) is 14.9 Å². The molecule has 1 aromatic carbocycles. The van der Waals surface area contributed by atoms with Crippen molar-refractivity contribution in [1.29, 1.82) is 0 Å². The van der Waals surface area contributed by atoms with Crippen LogP contribution in [0.15, 0.2) is 42.6 Å². The van der Waals surface area contributed by atoms with Crippen molar-refractivity contribution in [3.63, 3.8) is 0 Å². The van der Waals surface area contributed by atoms with E-state index >= 15 is 0 Å². The van der Waals surface area contributed by atoms with Gasteiger partial charge in [-0.05, 0) is 62.2 Å². The highest BCUT2D eigenvalue weighted by Crippen LogP contribution is 2.25. The maximum Gasteiger partial charge on any atom is 0.227 e. The van der Waals surface area contributed by atoms with E-state index in [1.54, 1.807) is 31.5 Å². The van der Waals surface area contributed by atoms with Crippen molar-refractivity contribution < 1.29 is 18.3 Å². The van der Waals surface area contributed by atoms with E-state index in [9.17, 15) is 13.6 Å². The summed E-state index contributed by atoms with van der Waals surface area (Å²) in [6, 6.07) is 8.89. The van der Waals surface area contributed by atoms with Crippen LogP contribution in [-0.2, 0) is 11.2 Å². The van der Waals surface area contributed by atoms with Gasteiger partial charge >= 0.3 is 0 Å². The summed E-state index contributed by atoms with van der Waals surface area (Å²) in [6.07, 6.45) is 3.66. The third-order valence-corrected chi connectivity index (χ3v) is 5.62. The van der Waals surface area contributed by atoms with E-state index < -0.39 is 11.6 Å². The maximum absolute atomic E-state index is 13.3. The van der Waals surface area contributed by atoms with Crippen molar-refractivity contribution in [2.24, 2.45) is 5.92 Å². The Balaban J connectivity index is 1.33. The number of benzene rings is 1. The highest BCUT2D eigenvalue weighted by Gasteiger charge is 2.25. The van der Waals surface area contributed by atoms with Gasteiger partial charge in [-0.1, -0.05) is 0 Å². The number of pyridine rings is 2. The molecule has 0 atom stereocenters. The fourth-order valence-electron chi connectivity index (χ4n) is 3.92. The number of aromatic nitrogens is 2. The second-order valence-corrected chi connectivity index (χ2v) is 7.71. The lowest BCUT2D eigenvalue weighted by atomic mass is 9.95. The van der Waals surface area contributed by atoms with E-state index in [0.29, 0.717) is 41.1 Å². The van der Waals surface area contributed by atoms with Crippen LogP contribution in [0.2, 0.25) is 0 Å². The lowest BCUT2D eigenvalue weighted by Gasteiger charge is -2.31. The minimum Gasteiger partial charge on any atom is -0.481 e. The molecule has 4 rings (SSSR count). The van der Waals surface area contributed by atoms with Gasteiger partial charge < -0.3 is 15.0 Å². The first-order chi connectivity index (χ1) is 15.0. The van der Waals surface area contributed by atoms with Gasteiger partial charge in [-0.25, -0.2) is 13.8 Å². The fourth-order valence-corrected chi connectivity index (χ4v) is 3.92. The first-order valence-corrected chi connectivity index (χ1v) is 10.3. The van der Waals surface area contributed by atoms with Gasteiger partial charge in [-0.3, -0.25) is 9.78 Å². The Morgan fingerprint density at radius 3 is 2.61 bits per heavy atom. The summed E-state index contributed by atoms with van der Waals surface area (Å²) in [5, 5.41) is 2.99. The average Bonchev–Trinajstić information content (AvgIpc) is 2.77. The maximum atomic E-state index is 13.3. The molecule has 1 fully saturated rings. The molecule has 3 aromatic rings. The SMILES string of the molecule is COc1ccc2nccc(NC(=O)C3CCN(CCc4cc(F)cc(F)c4)CC3)c2n1. The van der Waals surface area contributed by atoms with Crippen LogP contribution < -0.4 is 10.1 Å². The third kappa shape index (κ3) is 5.14. The highest BCUT2D eigenvalue weighted by atomic mass is 19.1. The van der Waals surface area contributed by atoms with Gasteiger partial charge in [-0.15, -0.1) is 0 Å². The Hall–Kier alpha value is -3.13. The van der Waals surface area contributed by atoms with Crippen molar-refractivity contribution in [2.75, 3.05) is 32.1 Å². The van der Waals surface area contributed by atoms with Gasteiger partial charge in [-0.2, -0.15) is 0 Å². The molecular weight excluding hydrogens is 402 g/mol. The zero-order valence-corrected chi connectivity index (χ0v) is 17.3. The molecule has 0 aliphatic carbocycles. The smallest absolute Gasteiger partial charge is 0.227 e. The van der Waals surface area contributed by atoms with E-state index in [-0.39, 0.29) is 11.8 Å². The molecule has 6 nitrogen and oxygen atoms in total. The van der Waals surface area contributed by atoms with Crippen molar-refractivity contribution in [2.45, 2.75) is 19.3 Å². The second-order valence-electron chi connectivity index (χ2n) is 7.71. The number of hydrogen-bond acceptors (Lipinski definition) is 5. The van der Waals surface area contributed by atoms with Gasteiger partial charge in [0, 0.05) is 30.8 Å². The lowest BCUT2D eigenvalue weighted by molar-refractivity contribution is -0.121. The van der Waals surface area contributed by atoms with E-state index in [4.69, 9.17) is 4.74 Å². The number of halogens is 2. The lowest BCUT2D eigenvalue weighted by Crippen LogP contribution is -2.39. The van der Waals surface area contributed by atoms with Crippen LogP contribution in [0.25, 0.3) is 11.0 Å². The first-order valence-electron chi connectivity index (χ1n) is 10.3. The van der Waals surface area contributed by atoms with Crippen molar-refractivity contribution >= 4 is 22.6 Å². The first kappa shape index (κ1) is 21.1. The predicted molar refractivity (Wildman–Crippen MR) is 114 cm³/mol. The van der Waals surface area contributed by atoms with Crippen LogP contribution in [-0.4, -0.2) is 47.5 Å². The minimum atomic E-state index is -0.555. The standard InChI is InChI=1S/C23H24F2N4O2/c1-31-21-3-2-19-22(28-21)20(4-8-26-19)27-23(30)16-6-10-29(11-7-16)9-5-15-12-17(24)14-18(25)13-15/h2-4,8,12-14,16H,5-7,9-11H2,1H3,(H,26,27,30). The molecule has 0 unspecified atom stereocenters. The summed E-state index contributed by atoms with van der Waals surface area (Å²) in [5.74, 6) is -0.787. The Bertz CT molecular complexity index is 1060. The number of nitrogens with one attached hydrogen (secondary N) is 1. The van der Waals surface area contributed by atoms with Crippen LogP contribution >= 0.6 is 0 Å². The number of rotatable bonds is 6. The Kier molecular flexibility index (Phi) is 6.36. The molecule has 0 bridgehead atoms. The van der Waals surface area contributed by atoms with Gasteiger partial charge in [0.2, 0.25) is 11.8 Å². The predicted octanol–water partition coefficient (Wildman–Crippen LogP) is 3.81. The summed E-state index contributed by atoms with van der Waals surface area (Å²) in [5.41, 5.74) is 2.53. The Morgan fingerprint density at radius 1 is 1.16 bits per heavy atom. The Morgan fingerprint density at radius 2 is 1.90 bits per heavy atom. The monoisotopic (exact) mass is 426 g/mol. The number of piperidine rings is 1. The van der Waals surface area contributed by atoms with Crippen LogP contribution in [0, 0.1) is 17.6 Å². The van der Waals surface area contributed by atoms with Crippen LogP contribution in [0.5, 0.6) is 5.88 Å². The number of methoxy groups -OCH3 is 1. The van der Waals surface area contributed by atoms with Gasteiger partial charge in [0.05, 0.1) is 18.3 Å². The molecule has 0 radical (unpaired) electrons. The molecule has 3 heterocycles. The molecule has 1 aliphatic rings. The quantitative estimate of drug-likeness (QED) is 0.649. The molecule has 0 spiro atoms. The van der Waals surface area contributed by atoms with E-state index in [1.807, 2.05) is 0 Å². The largest absolute Gasteiger partial charge is 0.481 e. The van der Waals surface area contributed by atoms with Crippen LogP contribution in [0.3, 0.4) is 0 Å². The molecule has 31 heavy (non-hydrogen) atoms. The van der Waals surface area contributed by atoms with Gasteiger partial charge in [0.25, 0.3) is 0 Å². The highest BCUT2D eigenvalue weighted by molar-refractivity contribution is 6.00. The van der Waals surface area contributed by atoms with Crippen molar-refractivity contribution in [3.05, 3.63) is 59.8 Å². The zero-order valence-electron chi connectivity index (χ0n) is 17.3. The number of fused-ring (bicyclic) bond motifs is 1. The minimum absolute atomic E-state index is 0.0380. The van der Waals surface area contributed by atoms with Crippen LogP contribution in [0.1, 0.15) is 18.4 Å². The number of likely N-dealkylation sites (tertiary alicyclic amines) is 1. The summed E-state index contributed by atoms with van der Waals surface area (Å²) in [4.78, 5) is 23.7. The van der Waals surface area contributed by atoms with Crippen LogP contribution in [0.4, 0.5) is 14.5 Å². The number of amides is 1. The van der Waals surface area contributed by atoms with Gasteiger partial charge in [0.1, 0.15) is 17.2 Å². The summed E-state index contributed by atoms with van der Waals surface area (Å²) < 4.78 is 31.9. The number of anilines is 1. The molecule has 1 aliphatic heterocycles. The molecule has 0 saturated carbocycles. The average molecular weight is 426 g/mol. The summed E-state index contributed by atoms with van der Waals surface area (Å²) in [6.45, 7) is 2.23. The normalized spacial score (nSPS) is 15.2. The second kappa shape index (κ2) is 9.34. The number of ether oxygens (including phenoxy) is 1. The zero-order chi connectivity index (χ0) is 21.8. The topological polar surface area (TPSA) is 67.3 Å². The Labute approximate surface area is 179 Å². The fraction of sp³-hybridized carbons (Fsp3) is 0.348. The number of carbonyl (C=O) groups is 1. The number of nitrogens with zero attached hydrogens (tertiary/aromatic N) is 3. The molecular formula is C23H24F2N4O2. The number of hydrogen-bond donors (Lipinski definition) is 1. The molecule has 8 heteroatoms. The summed E-state index contributed by atoms with van der Waals surface area (Å²) in [7, 11) is 1.54. The molecule has 162 valence electrons. The molecule has 1 N–H and O–H groups in total. The van der Waals surface area contributed by atoms with E-state index in [0.717, 1.165) is 32.0 Å². The molecule has 1 amide bonds.